The van der Waals surface area contributed by atoms with Crippen molar-refractivity contribution in [3.8, 4) is 0 Å². The summed E-state index contributed by atoms with van der Waals surface area (Å²) in [4.78, 5) is 13.1. The molecule has 9 atom stereocenters. The highest BCUT2D eigenvalue weighted by molar-refractivity contribution is 5.80. The second-order valence-electron chi connectivity index (χ2n) is 16.8. The topological polar surface area (TPSA) is 189 Å². The molecule has 11 nitrogen and oxygen atoms in total. The van der Waals surface area contributed by atoms with Gasteiger partial charge in [0, 0.05) is 0 Å². The van der Waals surface area contributed by atoms with Gasteiger partial charge in [-0.3, -0.25) is 4.79 Å². The Labute approximate surface area is 347 Å². The van der Waals surface area contributed by atoms with E-state index < -0.39 is 74.2 Å². The molecule has 0 spiro atoms. The van der Waals surface area contributed by atoms with E-state index in [1.807, 2.05) is 0 Å². The summed E-state index contributed by atoms with van der Waals surface area (Å²) in [5.41, 5.74) is 0. The van der Waals surface area contributed by atoms with Crippen LogP contribution in [0, 0.1) is 0 Å². The number of hydrogen-bond donors (Lipinski definition) is 8. The highest BCUT2D eigenvalue weighted by atomic mass is 16.7. The molecule has 0 aromatic carbocycles. The number of unbranched alkanes of at least 4 members (excludes halogenated alkanes) is 25. The van der Waals surface area contributed by atoms with Gasteiger partial charge < -0.3 is 50.5 Å². The van der Waals surface area contributed by atoms with Gasteiger partial charge in [0.25, 0.3) is 0 Å². The molecule has 1 fully saturated rings. The average Bonchev–Trinajstić information content (AvgIpc) is 3.21. The third-order valence-corrected chi connectivity index (χ3v) is 11.6. The Kier molecular flexibility index (Phi) is 34.7. The zero-order chi connectivity index (χ0) is 41.9. The minimum Gasteiger partial charge on any atom is -0.394 e. The maximum absolute atomic E-state index is 13.1. The summed E-state index contributed by atoms with van der Waals surface area (Å²) in [7, 11) is 0. The van der Waals surface area contributed by atoms with Gasteiger partial charge in [-0.15, -0.1) is 0 Å². The van der Waals surface area contributed by atoms with E-state index in [0.29, 0.717) is 19.3 Å². The van der Waals surface area contributed by atoms with Crippen molar-refractivity contribution in [2.24, 2.45) is 0 Å². The van der Waals surface area contributed by atoms with Crippen LogP contribution in [-0.2, 0) is 14.3 Å². The van der Waals surface area contributed by atoms with Crippen molar-refractivity contribution in [1.29, 1.82) is 0 Å². The summed E-state index contributed by atoms with van der Waals surface area (Å²) in [5, 5.41) is 75.6. The van der Waals surface area contributed by atoms with E-state index in [1.54, 1.807) is 0 Å². The lowest BCUT2D eigenvalue weighted by Crippen LogP contribution is -2.60. The largest absolute Gasteiger partial charge is 0.394 e. The standard InChI is InChI=1S/C46H89NO10/c1-3-5-7-9-11-13-15-17-18-19-20-22-24-26-28-30-32-34-39(50)45(55)47-37(36-56-46-44(54)43(53)42(52)40(35-48)57-46)41(51)38(49)33-31-29-27-25-23-21-16-14-12-10-8-6-4-2/h20,22,37-44,46,48-54H,3-19,21,23-36H2,1-2H3,(H,47,55)/b22-20-. The molecule has 338 valence electrons. The van der Waals surface area contributed by atoms with E-state index in [0.717, 1.165) is 51.4 Å². The Bertz CT molecular complexity index is 939. The molecule has 0 bridgehead atoms. The lowest BCUT2D eigenvalue weighted by Gasteiger charge is -2.40. The molecule has 11 heteroatoms. The highest BCUT2D eigenvalue weighted by Crippen LogP contribution is 2.23. The minimum absolute atomic E-state index is 0.248. The van der Waals surface area contributed by atoms with Crippen LogP contribution in [0.15, 0.2) is 12.2 Å². The van der Waals surface area contributed by atoms with Crippen molar-refractivity contribution in [2.45, 2.75) is 262 Å². The molecule has 1 aliphatic rings. The van der Waals surface area contributed by atoms with E-state index in [1.165, 1.54) is 116 Å². The van der Waals surface area contributed by atoms with E-state index in [2.05, 4.69) is 31.3 Å². The summed E-state index contributed by atoms with van der Waals surface area (Å²) >= 11 is 0. The number of carbonyl (C=O) groups excluding carboxylic acids is 1. The summed E-state index contributed by atoms with van der Waals surface area (Å²) < 4.78 is 11.1. The van der Waals surface area contributed by atoms with Crippen LogP contribution < -0.4 is 5.32 Å². The van der Waals surface area contributed by atoms with Gasteiger partial charge in [0.2, 0.25) is 5.91 Å². The molecule has 0 aromatic heterocycles. The van der Waals surface area contributed by atoms with E-state index in [9.17, 15) is 40.5 Å². The molecule has 1 saturated heterocycles. The second kappa shape index (κ2) is 36.7. The number of nitrogens with one attached hydrogen (secondary N) is 1. The first-order chi connectivity index (χ1) is 27.7. The van der Waals surface area contributed by atoms with Crippen molar-refractivity contribution >= 4 is 5.91 Å². The van der Waals surface area contributed by atoms with Gasteiger partial charge >= 0.3 is 0 Å². The Balaban J connectivity index is 2.45. The minimum atomic E-state index is -1.66. The molecule has 8 N–H and O–H groups in total. The number of amides is 1. The summed E-state index contributed by atoms with van der Waals surface area (Å²) in [5.74, 6) is -0.705. The zero-order valence-corrected chi connectivity index (χ0v) is 36.3. The van der Waals surface area contributed by atoms with Crippen LogP contribution in [0.3, 0.4) is 0 Å². The molecule has 0 radical (unpaired) electrons. The Morgan fingerprint density at radius 3 is 1.47 bits per heavy atom. The lowest BCUT2D eigenvalue weighted by atomic mass is 9.98. The first kappa shape index (κ1) is 53.9. The molecule has 57 heavy (non-hydrogen) atoms. The number of allylic oxidation sites excluding steroid dienone is 2. The molecule has 0 aromatic rings. The Morgan fingerprint density at radius 2 is 1.02 bits per heavy atom. The van der Waals surface area contributed by atoms with Crippen LogP contribution in [0.5, 0.6) is 0 Å². The first-order valence-electron chi connectivity index (χ1n) is 23.6. The van der Waals surface area contributed by atoms with Gasteiger partial charge in [0.1, 0.15) is 36.6 Å². The van der Waals surface area contributed by atoms with Gasteiger partial charge in [-0.05, 0) is 38.5 Å². The Morgan fingerprint density at radius 1 is 0.596 bits per heavy atom. The Hall–Kier alpha value is -1.15. The van der Waals surface area contributed by atoms with Crippen molar-refractivity contribution in [2.75, 3.05) is 13.2 Å². The summed E-state index contributed by atoms with van der Waals surface area (Å²) in [6.45, 7) is 3.43. The summed E-state index contributed by atoms with van der Waals surface area (Å²) in [6.07, 6.45) is 26.8. The normalized spacial score (nSPS) is 22.2. The maximum Gasteiger partial charge on any atom is 0.249 e. The van der Waals surface area contributed by atoms with Crippen LogP contribution in [0.4, 0.5) is 0 Å². The fraction of sp³-hybridized carbons (Fsp3) is 0.935. The van der Waals surface area contributed by atoms with Crippen LogP contribution in [0.1, 0.15) is 206 Å². The smallest absolute Gasteiger partial charge is 0.249 e. The number of carbonyl (C=O) groups is 1. The van der Waals surface area contributed by atoms with Gasteiger partial charge in [-0.2, -0.15) is 0 Å². The average molecular weight is 816 g/mol. The SMILES string of the molecule is CCCCCCCCCCC/C=C\CCCCCCC(O)C(=O)NC(COC1OC(CO)C(O)C(O)C1O)C(O)C(O)CCCCCCCCCCCCCCC. The summed E-state index contributed by atoms with van der Waals surface area (Å²) in [6, 6.07) is -1.17. The zero-order valence-electron chi connectivity index (χ0n) is 36.3. The first-order valence-corrected chi connectivity index (χ1v) is 23.6. The molecule has 1 aliphatic heterocycles. The van der Waals surface area contributed by atoms with E-state index in [-0.39, 0.29) is 6.42 Å². The molecule has 9 unspecified atom stereocenters. The van der Waals surface area contributed by atoms with Crippen LogP contribution in [-0.4, -0.2) is 110 Å². The van der Waals surface area contributed by atoms with Crippen molar-refractivity contribution in [3.05, 3.63) is 12.2 Å². The van der Waals surface area contributed by atoms with Crippen molar-refractivity contribution < 1.29 is 50.0 Å². The van der Waals surface area contributed by atoms with E-state index in [4.69, 9.17) is 9.47 Å². The van der Waals surface area contributed by atoms with Crippen LogP contribution in [0.2, 0.25) is 0 Å². The number of ether oxygens (including phenoxy) is 2. The molecule has 0 aliphatic carbocycles. The van der Waals surface area contributed by atoms with Crippen molar-refractivity contribution in [3.63, 3.8) is 0 Å². The molecule has 1 rings (SSSR count). The second-order valence-corrected chi connectivity index (χ2v) is 16.8. The molecular weight excluding hydrogens is 727 g/mol. The molecule has 1 heterocycles. The quantitative estimate of drug-likeness (QED) is 0.0226. The van der Waals surface area contributed by atoms with Crippen molar-refractivity contribution in [1.82, 2.24) is 5.32 Å². The van der Waals surface area contributed by atoms with Crippen LogP contribution >= 0.6 is 0 Å². The van der Waals surface area contributed by atoms with Gasteiger partial charge in [-0.25, -0.2) is 0 Å². The van der Waals surface area contributed by atoms with Crippen LogP contribution in [0.25, 0.3) is 0 Å². The highest BCUT2D eigenvalue weighted by Gasteiger charge is 2.44. The number of aliphatic hydroxyl groups is 7. The predicted molar refractivity (Wildman–Crippen MR) is 229 cm³/mol. The third kappa shape index (κ3) is 26.6. The fourth-order valence-corrected chi connectivity index (χ4v) is 7.61. The van der Waals surface area contributed by atoms with Gasteiger partial charge in [0.05, 0.1) is 25.4 Å². The fourth-order valence-electron chi connectivity index (χ4n) is 7.61. The third-order valence-electron chi connectivity index (χ3n) is 11.6. The number of rotatable bonds is 39. The predicted octanol–water partition coefficient (Wildman–Crippen LogP) is 7.67. The molecule has 0 saturated carbocycles. The van der Waals surface area contributed by atoms with E-state index >= 15 is 0 Å². The molecular formula is C46H89NO10. The van der Waals surface area contributed by atoms with Gasteiger partial charge in [-0.1, -0.05) is 180 Å². The number of hydrogen-bond acceptors (Lipinski definition) is 10. The maximum atomic E-state index is 13.1. The lowest BCUT2D eigenvalue weighted by molar-refractivity contribution is -0.303. The van der Waals surface area contributed by atoms with Gasteiger partial charge in [0.15, 0.2) is 6.29 Å². The number of aliphatic hydroxyl groups excluding tert-OH is 7. The monoisotopic (exact) mass is 816 g/mol. The molecule has 1 amide bonds.